The number of halogens is 1. The number of morpholine rings is 1. The van der Waals surface area contributed by atoms with Crippen molar-refractivity contribution in [2.75, 3.05) is 55.3 Å². The van der Waals surface area contributed by atoms with Crippen LogP contribution in [0, 0.1) is 12.7 Å². The quantitative estimate of drug-likeness (QED) is 0.239. The highest BCUT2D eigenvalue weighted by Crippen LogP contribution is 2.23. The van der Waals surface area contributed by atoms with Crippen LogP contribution in [0.1, 0.15) is 48.7 Å². The number of amides is 4. The van der Waals surface area contributed by atoms with Gasteiger partial charge in [0.2, 0.25) is 0 Å². The van der Waals surface area contributed by atoms with E-state index >= 15 is 0 Å². The lowest BCUT2D eigenvalue weighted by atomic mass is 10.1. The van der Waals surface area contributed by atoms with Crippen LogP contribution in [-0.4, -0.2) is 72.8 Å². The molecule has 3 aromatic carbocycles. The third kappa shape index (κ3) is 10.6. The van der Waals surface area contributed by atoms with E-state index in [2.05, 4.69) is 20.9 Å². The molecule has 0 bridgehead atoms. The third-order valence-corrected chi connectivity index (χ3v) is 7.12. The van der Waals surface area contributed by atoms with Gasteiger partial charge in [-0.25, -0.2) is 14.0 Å². The van der Waals surface area contributed by atoms with Gasteiger partial charge in [-0.2, -0.15) is 0 Å². The van der Waals surface area contributed by atoms with E-state index in [1.807, 2.05) is 0 Å². The molecule has 3 N–H and O–H groups in total. The highest BCUT2D eigenvalue weighted by molar-refractivity contribution is 6.06. The Balaban J connectivity index is 1.41. The summed E-state index contributed by atoms with van der Waals surface area (Å²) >= 11 is 0. The van der Waals surface area contributed by atoms with E-state index in [1.54, 1.807) is 93.3 Å². The number of benzene rings is 3. The predicted molar refractivity (Wildman–Crippen MR) is 173 cm³/mol. The summed E-state index contributed by atoms with van der Waals surface area (Å²) in [6.07, 6.45) is 0.131. The standard InChI is InChI=1S/C34H42FN5O5/c1-24-10-15-27(22-28(24)35)36-32(42)40(17-7-16-39-18-20-44-21-19-39)23-25-11-13-26(14-12-25)31(41)37-29-8-5-6-9-30(29)38-33(43)45-34(2,3)4/h5-6,8-15,22H,7,16-21,23H2,1-4H3,(H,36,42)(H,37,41)(H,38,43). The predicted octanol–water partition coefficient (Wildman–Crippen LogP) is 6.49. The molecule has 3 aromatic rings. The molecular formula is C34H42FN5O5. The first-order valence-electron chi connectivity index (χ1n) is 15.1. The number of hydrogen-bond donors (Lipinski definition) is 3. The van der Waals surface area contributed by atoms with Crippen molar-refractivity contribution in [2.45, 2.75) is 46.3 Å². The van der Waals surface area contributed by atoms with Crippen LogP contribution in [0.25, 0.3) is 0 Å². The molecule has 0 aromatic heterocycles. The first-order valence-corrected chi connectivity index (χ1v) is 15.1. The van der Waals surface area contributed by atoms with Gasteiger partial charge in [0.1, 0.15) is 11.4 Å². The number of aryl methyl sites for hydroxylation is 1. The van der Waals surface area contributed by atoms with Crippen LogP contribution in [0.3, 0.4) is 0 Å². The summed E-state index contributed by atoms with van der Waals surface area (Å²) in [6.45, 7) is 11.7. The van der Waals surface area contributed by atoms with Gasteiger partial charge >= 0.3 is 12.1 Å². The van der Waals surface area contributed by atoms with Crippen LogP contribution < -0.4 is 16.0 Å². The van der Waals surface area contributed by atoms with E-state index in [0.29, 0.717) is 54.5 Å². The number of ether oxygens (including phenoxy) is 2. The SMILES string of the molecule is Cc1ccc(NC(=O)N(CCCN2CCOCC2)Cc2ccc(C(=O)Nc3ccccc3NC(=O)OC(C)(C)C)cc2)cc1F. The fourth-order valence-corrected chi connectivity index (χ4v) is 4.73. The Hall–Kier alpha value is -4.48. The molecule has 4 rings (SSSR count). The van der Waals surface area contributed by atoms with Crippen LogP contribution in [0.2, 0.25) is 0 Å². The average molecular weight is 620 g/mol. The van der Waals surface area contributed by atoms with Gasteiger partial charge in [-0.1, -0.05) is 30.3 Å². The number of nitrogens with one attached hydrogen (secondary N) is 3. The average Bonchev–Trinajstić information content (AvgIpc) is 2.99. The van der Waals surface area contributed by atoms with Crippen LogP contribution >= 0.6 is 0 Å². The van der Waals surface area contributed by atoms with E-state index in [9.17, 15) is 18.8 Å². The zero-order valence-electron chi connectivity index (χ0n) is 26.3. The maximum absolute atomic E-state index is 14.1. The molecule has 45 heavy (non-hydrogen) atoms. The lowest BCUT2D eigenvalue weighted by Crippen LogP contribution is -2.40. The van der Waals surface area contributed by atoms with E-state index in [1.165, 1.54) is 6.07 Å². The van der Waals surface area contributed by atoms with Crippen molar-refractivity contribution in [2.24, 2.45) is 0 Å². The zero-order chi connectivity index (χ0) is 32.4. The molecule has 0 radical (unpaired) electrons. The van der Waals surface area contributed by atoms with Gasteiger partial charge in [0.15, 0.2) is 0 Å². The van der Waals surface area contributed by atoms with Crippen molar-refractivity contribution in [3.8, 4) is 0 Å². The summed E-state index contributed by atoms with van der Waals surface area (Å²) < 4.78 is 24.9. The van der Waals surface area contributed by atoms with Gasteiger partial charge in [0, 0.05) is 44.0 Å². The van der Waals surface area contributed by atoms with E-state index in [0.717, 1.165) is 31.6 Å². The highest BCUT2D eigenvalue weighted by Gasteiger charge is 2.19. The maximum Gasteiger partial charge on any atom is 0.412 e. The van der Waals surface area contributed by atoms with Crippen molar-refractivity contribution in [3.05, 3.63) is 89.2 Å². The van der Waals surface area contributed by atoms with Gasteiger partial charge < -0.3 is 25.0 Å². The molecular weight excluding hydrogens is 577 g/mol. The Bertz CT molecular complexity index is 1470. The summed E-state index contributed by atoms with van der Waals surface area (Å²) in [5, 5.41) is 8.33. The monoisotopic (exact) mass is 619 g/mol. The topological polar surface area (TPSA) is 112 Å². The van der Waals surface area contributed by atoms with Crippen LogP contribution in [0.5, 0.6) is 0 Å². The smallest absolute Gasteiger partial charge is 0.412 e. The minimum absolute atomic E-state index is 0.299. The van der Waals surface area contributed by atoms with Gasteiger partial charge in [-0.05, 0) is 81.6 Å². The molecule has 4 amide bonds. The fraction of sp³-hybridized carbons (Fsp3) is 0.382. The van der Waals surface area contributed by atoms with Crippen molar-refractivity contribution in [3.63, 3.8) is 0 Å². The number of hydrogen-bond acceptors (Lipinski definition) is 6. The molecule has 1 heterocycles. The molecule has 11 heteroatoms. The van der Waals surface area contributed by atoms with Gasteiger partial charge in [0.25, 0.3) is 5.91 Å². The van der Waals surface area contributed by atoms with Crippen LogP contribution in [0.15, 0.2) is 66.7 Å². The van der Waals surface area contributed by atoms with E-state index in [4.69, 9.17) is 9.47 Å². The van der Waals surface area contributed by atoms with E-state index in [-0.39, 0.29) is 17.8 Å². The number of rotatable bonds is 10. The lowest BCUT2D eigenvalue weighted by Gasteiger charge is -2.28. The number of carbonyl (C=O) groups excluding carboxylic acids is 3. The number of carbonyl (C=O) groups is 3. The first kappa shape index (κ1) is 33.4. The lowest BCUT2D eigenvalue weighted by molar-refractivity contribution is 0.0365. The first-order chi connectivity index (χ1) is 21.5. The minimum Gasteiger partial charge on any atom is -0.444 e. The second kappa shape index (κ2) is 15.5. The number of para-hydroxylation sites is 2. The van der Waals surface area contributed by atoms with Crippen molar-refractivity contribution in [1.82, 2.24) is 9.80 Å². The van der Waals surface area contributed by atoms with Crippen molar-refractivity contribution < 1.29 is 28.2 Å². The molecule has 0 atom stereocenters. The Morgan fingerprint density at radius 1 is 0.933 bits per heavy atom. The largest absolute Gasteiger partial charge is 0.444 e. The maximum atomic E-state index is 14.1. The molecule has 0 aliphatic carbocycles. The summed E-state index contributed by atoms with van der Waals surface area (Å²) in [5.41, 5.74) is 2.29. The molecule has 1 saturated heterocycles. The molecule has 0 unspecified atom stereocenters. The number of urea groups is 1. The Labute approximate surface area is 263 Å². The molecule has 240 valence electrons. The van der Waals surface area contributed by atoms with Gasteiger partial charge in [-0.3, -0.25) is 15.0 Å². The Morgan fingerprint density at radius 2 is 1.60 bits per heavy atom. The summed E-state index contributed by atoms with van der Waals surface area (Å²) in [5.74, 6) is -0.745. The van der Waals surface area contributed by atoms with Crippen molar-refractivity contribution >= 4 is 35.1 Å². The van der Waals surface area contributed by atoms with E-state index < -0.39 is 11.7 Å². The summed E-state index contributed by atoms with van der Waals surface area (Å²) in [6, 6.07) is 18.1. The second-order valence-corrected chi connectivity index (χ2v) is 11.9. The Kier molecular flexibility index (Phi) is 11.5. The normalized spacial score (nSPS) is 13.5. The highest BCUT2D eigenvalue weighted by atomic mass is 19.1. The van der Waals surface area contributed by atoms with Crippen molar-refractivity contribution in [1.29, 1.82) is 0 Å². The molecule has 1 aliphatic heterocycles. The zero-order valence-corrected chi connectivity index (χ0v) is 26.3. The van der Waals surface area contributed by atoms with Gasteiger partial charge in [0.05, 0.1) is 24.6 Å². The molecule has 10 nitrogen and oxygen atoms in total. The number of nitrogens with zero attached hydrogens (tertiary/aromatic N) is 2. The summed E-state index contributed by atoms with van der Waals surface area (Å²) in [4.78, 5) is 42.7. The second-order valence-electron chi connectivity index (χ2n) is 11.9. The van der Waals surface area contributed by atoms with Crippen LogP contribution in [-0.2, 0) is 16.0 Å². The van der Waals surface area contributed by atoms with Gasteiger partial charge in [-0.15, -0.1) is 0 Å². The Morgan fingerprint density at radius 3 is 2.24 bits per heavy atom. The fourth-order valence-electron chi connectivity index (χ4n) is 4.73. The molecule has 0 spiro atoms. The summed E-state index contributed by atoms with van der Waals surface area (Å²) in [7, 11) is 0. The number of anilines is 3. The molecule has 0 saturated carbocycles. The molecule has 1 fully saturated rings. The third-order valence-electron chi connectivity index (χ3n) is 7.12. The van der Waals surface area contributed by atoms with Crippen LogP contribution in [0.4, 0.5) is 31.0 Å². The molecule has 1 aliphatic rings. The minimum atomic E-state index is -0.665.